The first-order chi connectivity index (χ1) is 10.0. The van der Waals surface area contributed by atoms with Crippen molar-refractivity contribution in [1.82, 2.24) is 10.3 Å². The van der Waals surface area contributed by atoms with Crippen molar-refractivity contribution in [2.75, 3.05) is 6.54 Å². The molecule has 2 nitrogen and oxygen atoms in total. The Bertz CT molecular complexity index is 605. The predicted octanol–water partition coefficient (Wildman–Crippen LogP) is 4.88. The normalized spacial score (nSPS) is 11.3. The number of aryl methyl sites for hydroxylation is 1. The number of nitrogens with one attached hydrogen (secondary N) is 1. The van der Waals surface area contributed by atoms with Crippen LogP contribution >= 0.6 is 11.3 Å². The van der Waals surface area contributed by atoms with Crippen LogP contribution in [-0.2, 0) is 6.54 Å². The van der Waals surface area contributed by atoms with Crippen LogP contribution in [0.5, 0.6) is 0 Å². The fraction of sp³-hybridized carbons (Fsp3) is 0.471. The van der Waals surface area contributed by atoms with Crippen LogP contribution in [0.1, 0.15) is 49.2 Å². The van der Waals surface area contributed by atoms with Gasteiger partial charge in [0.15, 0.2) is 0 Å². The van der Waals surface area contributed by atoms with Gasteiger partial charge in [-0.05, 0) is 37.4 Å². The monoisotopic (exact) mass is 306 g/mol. The van der Waals surface area contributed by atoms with Crippen LogP contribution in [-0.4, -0.2) is 11.5 Å². The third-order valence-electron chi connectivity index (χ3n) is 3.41. The predicted molar refractivity (Wildman–Crippen MR) is 88.3 cm³/mol. The van der Waals surface area contributed by atoms with Crippen LogP contribution in [0.15, 0.2) is 18.2 Å². The summed E-state index contributed by atoms with van der Waals surface area (Å²) in [5.41, 5.74) is 2.36. The highest BCUT2D eigenvalue weighted by molar-refractivity contribution is 7.15. The Morgan fingerprint density at radius 2 is 2.10 bits per heavy atom. The highest BCUT2D eigenvalue weighted by Gasteiger charge is 2.17. The Kier molecular flexibility index (Phi) is 5.48. The zero-order chi connectivity index (χ0) is 15.4. The van der Waals surface area contributed by atoms with Crippen molar-refractivity contribution in [3.63, 3.8) is 0 Å². The van der Waals surface area contributed by atoms with E-state index in [1.807, 2.05) is 12.1 Å². The van der Waals surface area contributed by atoms with Gasteiger partial charge in [-0.3, -0.25) is 0 Å². The van der Waals surface area contributed by atoms with E-state index < -0.39 is 0 Å². The van der Waals surface area contributed by atoms with Gasteiger partial charge in [0.25, 0.3) is 0 Å². The molecule has 1 aromatic carbocycles. The molecule has 0 bridgehead atoms. The van der Waals surface area contributed by atoms with E-state index in [9.17, 15) is 4.39 Å². The standard InChI is InChI=1S/C17H23FN2S/c1-5-9-19-10-14-16(11(2)3)20-17(21-14)13-8-6-7-12(4)15(13)18/h6-8,11,19H,5,9-10H2,1-4H3. The van der Waals surface area contributed by atoms with Crippen molar-refractivity contribution in [2.24, 2.45) is 0 Å². The van der Waals surface area contributed by atoms with E-state index in [1.165, 1.54) is 4.88 Å². The number of benzene rings is 1. The van der Waals surface area contributed by atoms with E-state index in [4.69, 9.17) is 4.98 Å². The van der Waals surface area contributed by atoms with Crippen LogP contribution in [0, 0.1) is 12.7 Å². The number of nitrogens with zero attached hydrogens (tertiary/aromatic N) is 1. The minimum Gasteiger partial charge on any atom is -0.312 e. The van der Waals surface area contributed by atoms with Gasteiger partial charge in [0, 0.05) is 17.0 Å². The molecule has 1 N–H and O–H groups in total. The van der Waals surface area contributed by atoms with Crippen molar-refractivity contribution in [2.45, 2.75) is 46.6 Å². The van der Waals surface area contributed by atoms with Crippen molar-refractivity contribution in [1.29, 1.82) is 0 Å². The molecule has 1 heterocycles. The molecule has 0 unspecified atom stereocenters. The largest absolute Gasteiger partial charge is 0.312 e. The number of rotatable bonds is 6. The molecule has 0 aliphatic carbocycles. The van der Waals surface area contributed by atoms with Crippen LogP contribution in [0.25, 0.3) is 10.6 Å². The van der Waals surface area contributed by atoms with Crippen LogP contribution < -0.4 is 5.32 Å². The van der Waals surface area contributed by atoms with E-state index in [0.717, 1.165) is 30.2 Å². The van der Waals surface area contributed by atoms with E-state index in [0.29, 0.717) is 17.0 Å². The van der Waals surface area contributed by atoms with Gasteiger partial charge in [-0.15, -0.1) is 11.3 Å². The molecule has 0 spiro atoms. The SMILES string of the molecule is CCCNCc1sc(-c2cccc(C)c2F)nc1C(C)C. The molecule has 0 atom stereocenters. The fourth-order valence-electron chi connectivity index (χ4n) is 2.25. The van der Waals surface area contributed by atoms with Gasteiger partial charge < -0.3 is 5.32 Å². The van der Waals surface area contributed by atoms with Gasteiger partial charge in [-0.1, -0.05) is 32.9 Å². The molecule has 0 amide bonds. The average molecular weight is 306 g/mol. The summed E-state index contributed by atoms with van der Waals surface area (Å²) in [6.45, 7) is 10.0. The number of aromatic nitrogens is 1. The molecule has 114 valence electrons. The molecule has 0 saturated heterocycles. The fourth-order valence-corrected chi connectivity index (χ4v) is 3.45. The van der Waals surface area contributed by atoms with E-state index in [1.54, 1.807) is 24.3 Å². The molecule has 2 aromatic rings. The maximum absolute atomic E-state index is 14.3. The zero-order valence-electron chi connectivity index (χ0n) is 13.2. The molecule has 21 heavy (non-hydrogen) atoms. The van der Waals surface area contributed by atoms with Gasteiger partial charge in [0.05, 0.1) is 5.69 Å². The third-order valence-corrected chi connectivity index (χ3v) is 4.51. The van der Waals surface area contributed by atoms with Crippen LogP contribution in [0.3, 0.4) is 0 Å². The second-order valence-electron chi connectivity index (χ2n) is 5.60. The summed E-state index contributed by atoms with van der Waals surface area (Å²) in [6.07, 6.45) is 1.11. The molecule has 0 aliphatic heterocycles. The van der Waals surface area contributed by atoms with Gasteiger partial charge >= 0.3 is 0 Å². The molecule has 0 saturated carbocycles. The van der Waals surface area contributed by atoms with E-state index in [2.05, 4.69) is 26.1 Å². The Hall–Kier alpha value is -1.26. The summed E-state index contributed by atoms with van der Waals surface area (Å²) in [5.74, 6) is 0.191. The highest BCUT2D eigenvalue weighted by Crippen LogP contribution is 2.33. The Balaban J connectivity index is 2.36. The molecule has 2 rings (SSSR count). The summed E-state index contributed by atoms with van der Waals surface area (Å²) in [7, 11) is 0. The van der Waals surface area contributed by atoms with Crippen molar-refractivity contribution in [3.05, 3.63) is 40.2 Å². The summed E-state index contributed by atoms with van der Waals surface area (Å²) < 4.78 is 14.3. The minimum atomic E-state index is -0.158. The Morgan fingerprint density at radius 1 is 1.33 bits per heavy atom. The van der Waals surface area contributed by atoms with Crippen molar-refractivity contribution >= 4 is 11.3 Å². The summed E-state index contributed by atoms with van der Waals surface area (Å²) in [4.78, 5) is 5.92. The lowest BCUT2D eigenvalue weighted by Gasteiger charge is -2.05. The first kappa shape index (κ1) is 16.1. The maximum atomic E-state index is 14.3. The Morgan fingerprint density at radius 3 is 2.76 bits per heavy atom. The molecular formula is C17H23FN2S. The molecule has 0 fully saturated rings. The average Bonchev–Trinajstić information content (AvgIpc) is 2.86. The maximum Gasteiger partial charge on any atom is 0.136 e. The lowest BCUT2D eigenvalue weighted by atomic mass is 10.1. The number of hydrogen-bond acceptors (Lipinski definition) is 3. The first-order valence-electron chi connectivity index (χ1n) is 7.50. The lowest BCUT2D eigenvalue weighted by Crippen LogP contribution is -2.14. The van der Waals surface area contributed by atoms with E-state index >= 15 is 0 Å². The first-order valence-corrected chi connectivity index (χ1v) is 8.32. The topological polar surface area (TPSA) is 24.9 Å². The zero-order valence-corrected chi connectivity index (χ0v) is 14.0. The van der Waals surface area contributed by atoms with Crippen LogP contribution in [0.4, 0.5) is 4.39 Å². The van der Waals surface area contributed by atoms with Gasteiger partial charge in [-0.25, -0.2) is 9.37 Å². The van der Waals surface area contributed by atoms with Crippen molar-refractivity contribution < 1.29 is 4.39 Å². The second-order valence-corrected chi connectivity index (χ2v) is 6.68. The summed E-state index contributed by atoms with van der Waals surface area (Å²) >= 11 is 1.60. The summed E-state index contributed by atoms with van der Waals surface area (Å²) in [5, 5.41) is 4.20. The van der Waals surface area contributed by atoms with E-state index in [-0.39, 0.29) is 5.82 Å². The van der Waals surface area contributed by atoms with Gasteiger partial charge in [0.1, 0.15) is 10.8 Å². The minimum absolute atomic E-state index is 0.158. The number of halogens is 1. The molecule has 1 aromatic heterocycles. The molecule has 0 radical (unpaired) electrons. The molecule has 4 heteroatoms. The van der Waals surface area contributed by atoms with Crippen LogP contribution in [0.2, 0.25) is 0 Å². The van der Waals surface area contributed by atoms with Gasteiger partial charge in [-0.2, -0.15) is 0 Å². The summed E-state index contributed by atoms with van der Waals surface area (Å²) in [6, 6.07) is 5.49. The molecule has 0 aliphatic rings. The second kappa shape index (κ2) is 7.14. The Labute approximate surface area is 130 Å². The highest BCUT2D eigenvalue weighted by atomic mass is 32.1. The van der Waals surface area contributed by atoms with Gasteiger partial charge in [0.2, 0.25) is 0 Å². The third kappa shape index (κ3) is 3.69. The lowest BCUT2D eigenvalue weighted by molar-refractivity contribution is 0.622. The smallest absolute Gasteiger partial charge is 0.136 e. The quantitative estimate of drug-likeness (QED) is 0.769. The number of hydrogen-bond donors (Lipinski definition) is 1. The van der Waals surface area contributed by atoms with Crippen molar-refractivity contribution in [3.8, 4) is 10.6 Å². The number of thiazole rings is 1. The molecular weight excluding hydrogens is 283 g/mol.